The van der Waals surface area contributed by atoms with E-state index in [1.165, 1.54) is 6.42 Å². The summed E-state index contributed by atoms with van der Waals surface area (Å²) in [5.74, 6) is 2.71. The van der Waals surface area contributed by atoms with Gasteiger partial charge in [-0.25, -0.2) is 0 Å². The molecular weight excluding hydrogens is 212 g/mol. The Labute approximate surface area is 106 Å². The predicted molar refractivity (Wildman–Crippen MR) is 72.7 cm³/mol. The number of carbonyl (C=O) groups is 1. The maximum atomic E-state index is 11.7. The van der Waals surface area contributed by atoms with Crippen molar-refractivity contribution in [2.75, 3.05) is 6.54 Å². The SMILES string of the molecule is C#CC(CCC)NC(C)C(=O)NCCCCC. The molecule has 2 N–H and O–H groups in total. The molecule has 0 radical (unpaired) electrons. The number of unbranched alkanes of at least 4 members (excludes halogenated alkanes) is 2. The Kier molecular flexibility index (Phi) is 9.56. The Hall–Kier alpha value is -1.01. The average molecular weight is 238 g/mol. The first-order chi connectivity index (χ1) is 8.15. The summed E-state index contributed by atoms with van der Waals surface area (Å²) in [6.45, 7) is 6.85. The molecule has 0 aliphatic carbocycles. The van der Waals surface area contributed by atoms with E-state index >= 15 is 0 Å². The quantitative estimate of drug-likeness (QED) is 0.477. The minimum atomic E-state index is -0.218. The van der Waals surface area contributed by atoms with E-state index in [9.17, 15) is 4.79 Å². The van der Waals surface area contributed by atoms with Crippen molar-refractivity contribution in [3.8, 4) is 12.3 Å². The zero-order valence-electron chi connectivity index (χ0n) is 11.4. The Morgan fingerprint density at radius 2 is 2.00 bits per heavy atom. The zero-order chi connectivity index (χ0) is 13.1. The Balaban J connectivity index is 3.84. The first kappa shape index (κ1) is 16.0. The third-order valence-electron chi connectivity index (χ3n) is 2.70. The monoisotopic (exact) mass is 238 g/mol. The van der Waals surface area contributed by atoms with Gasteiger partial charge in [0.2, 0.25) is 5.91 Å². The predicted octanol–water partition coefficient (Wildman–Crippen LogP) is 2.07. The molecule has 0 heterocycles. The molecule has 3 heteroatoms. The summed E-state index contributed by atoms with van der Waals surface area (Å²) in [6, 6.07) is -0.222. The minimum absolute atomic E-state index is 0.00334. The van der Waals surface area contributed by atoms with Crippen LogP contribution in [0.1, 0.15) is 52.9 Å². The van der Waals surface area contributed by atoms with Gasteiger partial charge in [0.15, 0.2) is 0 Å². The van der Waals surface area contributed by atoms with Crippen molar-refractivity contribution < 1.29 is 4.79 Å². The summed E-state index contributed by atoms with van der Waals surface area (Å²) in [6.07, 6.45) is 10.7. The van der Waals surface area contributed by atoms with E-state index in [0.717, 1.165) is 32.2 Å². The maximum Gasteiger partial charge on any atom is 0.236 e. The number of rotatable bonds is 9. The maximum absolute atomic E-state index is 11.7. The fourth-order valence-electron chi connectivity index (χ4n) is 1.62. The van der Waals surface area contributed by atoms with Crippen LogP contribution in [0.15, 0.2) is 0 Å². The summed E-state index contributed by atoms with van der Waals surface area (Å²) in [7, 11) is 0. The van der Waals surface area contributed by atoms with Crippen molar-refractivity contribution in [3.05, 3.63) is 0 Å². The van der Waals surface area contributed by atoms with Gasteiger partial charge in [-0.1, -0.05) is 39.0 Å². The molecular formula is C14H26N2O. The van der Waals surface area contributed by atoms with Crippen LogP contribution in [0, 0.1) is 12.3 Å². The molecule has 2 atom stereocenters. The van der Waals surface area contributed by atoms with Crippen molar-refractivity contribution in [1.29, 1.82) is 0 Å². The molecule has 17 heavy (non-hydrogen) atoms. The number of hydrogen-bond acceptors (Lipinski definition) is 2. The lowest BCUT2D eigenvalue weighted by Gasteiger charge is -2.18. The lowest BCUT2D eigenvalue weighted by molar-refractivity contribution is -0.122. The minimum Gasteiger partial charge on any atom is -0.355 e. The van der Waals surface area contributed by atoms with Crippen molar-refractivity contribution in [2.24, 2.45) is 0 Å². The summed E-state index contributed by atoms with van der Waals surface area (Å²) in [5.41, 5.74) is 0. The molecule has 0 aromatic carbocycles. The molecule has 0 aliphatic rings. The van der Waals surface area contributed by atoms with E-state index in [0.29, 0.717) is 0 Å². The number of hydrogen-bond donors (Lipinski definition) is 2. The molecule has 0 rings (SSSR count). The zero-order valence-corrected chi connectivity index (χ0v) is 11.4. The fraction of sp³-hybridized carbons (Fsp3) is 0.786. The topological polar surface area (TPSA) is 41.1 Å². The highest BCUT2D eigenvalue weighted by Gasteiger charge is 2.15. The van der Waals surface area contributed by atoms with Crippen LogP contribution in [0.25, 0.3) is 0 Å². The highest BCUT2D eigenvalue weighted by Crippen LogP contribution is 1.97. The molecule has 0 aromatic rings. The molecule has 0 saturated carbocycles. The second kappa shape index (κ2) is 10.2. The third kappa shape index (κ3) is 7.82. The van der Waals surface area contributed by atoms with Crippen LogP contribution in [0.4, 0.5) is 0 Å². The van der Waals surface area contributed by atoms with Gasteiger partial charge in [0, 0.05) is 6.54 Å². The van der Waals surface area contributed by atoms with E-state index in [1.54, 1.807) is 0 Å². The average Bonchev–Trinajstić information content (AvgIpc) is 2.33. The molecule has 0 saturated heterocycles. The normalized spacial score (nSPS) is 13.8. The molecule has 0 aromatic heterocycles. The first-order valence-electron chi connectivity index (χ1n) is 6.65. The van der Waals surface area contributed by atoms with Gasteiger partial charge in [-0.2, -0.15) is 0 Å². The van der Waals surface area contributed by atoms with Crippen LogP contribution in [0.2, 0.25) is 0 Å². The molecule has 0 spiro atoms. The van der Waals surface area contributed by atoms with Gasteiger partial charge in [0.1, 0.15) is 0 Å². The smallest absolute Gasteiger partial charge is 0.236 e. The van der Waals surface area contributed by atoms with Crippen LogP contribution >= 0.6 is 0 Å². The van der Waals surface area contributed by atoms with Crippen molar-refractivity contribution in [3.63, 3.8) is 0 Å². The van der Waals surface area contributed by atoms with Crippen LogP contribution in [-0.4, -0.2) is 24.5 Å². The lowest BCUT2D eigenvalue weighted by Crippen LogP contribution is -2.46. The van der Waals surface area contributed by atoms with Gasteiger partial charge in [0.05, 0.1) is 12.1 Å². The summed E-state index contributed by atoms with van der Waals surface area (Å²) in [5, 5.41) is 6.08. The highest BCUT2D eigenvalue weighted by atomic mass is 16.2. The Morgan fingerprint density at radius 3 is 2.53 bits per heavy atom. The van der Waals surface area contributed by atoms with E-state index in [1.807, 2.05) is 6.92 Å². The second-order valence-electron chi connectivity index (χ2n) is 4.39. The van der Waals surface area contributed by atoms with E-state index in [2.05, 4.69) is 30.4 Å². The third-order valence-corrected chi connectivity index (χ3v) is 2.70. The molecule has 2 unspecified atom stereocenters. The number of nitrogens with one attached hydrogen (secondary N) is 2. The van der Waals surface area contributed by atoms with E-state index in [-0.39, 0.29) is 18.0 Å². The van der Waals surface area contributed by atoms with Crippen LogP contribution in [0.5, 0.6) is 0 Å². The van der Waals surface area contributed by atoms with Gasteiger partial charge >= 0.3 is 0 Å². The molecule has 0 bridgehead atoms. The van der Waals surface area contributed by atoms with Gasteiger partial charge in [-0.15, -0.1) is 6.42 Å². The van der Waals surface area contributed by atoms with E-state index < -0.39 is 0 Å². The van der Waals surface area contributed by atoms with Crippen molar-refractivity contribution in [2.45, 2.75) is 65.0 Å². The van der Waals surface area contributed by atoms with Gasteiger partial charge in [-0.3, -0.25) is 10.1 Å². The largest absolute Gasteiger partial charge is 0.355 e. The molecule has 98 valence electrons. The highest BCUT2D eigenvalue weighted by molar-refractivity contribution is 5.81. The summed E-state index contributed by atoms with van der Waals surface area (Å²) >= 11 is 0. The molecule has 1 amide bonds. The second-order valence-corrected chi connectivity index (χ2v) is 4.39. The van der Waals surface area contributed by atoms with Gasteiger partial charge in [-0.05, 0) is 19.8 Å². The molecule has 0 aliphatic heterocycles. The fourth-order valence-corrected chi connectivity index (χ4v) is 1.62. The van der Waals surface area contributed by atoms with Crippen molar-refractivity contribution in [1.82, 2.24) is 10.6 Å². The van der Waals surface area contributed by atoms with Crippen molar-refractivity contribution >= 4 is 5.91 Å². The number of terminal acetylenes is 1. The standard InChI is InChI=1S/C14H26N2O/c1-5-8-9-11-15-14(17)12(4)16-13(7-3)10-6-2/h3,12-13,16H,5-6,8-11H2,1-2,4H3,(H,15,17). The van der Waals surface area contributed by atoms with Gasteiger partial charge < -0.3 is 5.32 Å². The molecule has 3 nitrogen and oxygen atoms in total. The first-order valence-corrected chi connectivity index (χ1v) is 6.65. The number of amides is 1. The Morgan fingerprint density at radius 1 is 1.29 bits per heavy atom. The summed E-state index contributed by atoms with van der Waals surface area (Å²) < 4.78 is 0. The summed E-state index contributed by atoms with van der Waals surface area (Å²) in [4.78, 5) is 11.7. The van der Waals surface area contributed by atoms with Crippen LogP contribution < -0.4 is 10.6 Å². The Bertz CT molecular complexity index is 245. The molecule has 0 fully saturated rings. The van der Waals surface area contributed by atoms with Gasteiger partial charge in [0.25, 0.3) is 0 Å². The lowest BCUT2D eigenvalue weighted by atomic mass is 10.1. The number of carbonyl (C=O) groups excluding carboxylic acids is 1. The van der Waals surface area contributed by atoms with E-state index in [4.69, 9.17) is 6.42 Å². The van der Waals surface area contributed by atoms with Crippen LogP contribution in [-0.2, 0) is 4.79 Å². The van der Waals surface area contributed by atoms with Crippen LogP contribution in [0.3, 0.4) is 0 Å².